The molecule has 1 aromatic carbocycles. The number of alkyl halides is 1. The van der Waals surface area contributed by atoms with Gasteiger partial charge in [-0.25, -0.2) is 8.78 Å². The van der Waals surface area contributed by atoms with E-state index in [1.165, 1.54) is 13.0 Å². The van der Waals surface area contributed by atoms with Gasteiger partial charge in [-0.05, 0) is 50.2 Å². The molecule has 1 N–H and O–H groups in total. The molecule has 0 unspecified atom stereocenters. The van der Waals surface area contributed by atoms with Crippen molar-refractivity contribution in [1.82, 2.24) is 5.32 Å². The summed E-state index contributed by atoms with van der Waals surface area (Å²) in [5.74, 6) is -1.27. The third kappa shape index (κ3) is 3.62. The summed E-state index contributed by atoms with van der Waals surface area (Å²) in [4.78, 5) is 12.3. The maximum atomic E-state index is 13.8. The third-order valence-electron chi connectivity index (χ3n) is 4.36. The summed E-state index contributed by atoms with van der Waals surface area (Å²) in [5, 5.41) is 3.60. The maximum Gasteiger partial charge on any atom is 0.254 e. The summed E-state index contributed by atoms with van der Waals surface area (Å²) in [5.41, 5.74) is -0.155. The van der Waals surface area contributed by atoms with Crippen LogP contribution in [0.3, 0.4) is 0 Å². The smallest absolute Gasteiger partial charge is 0.254 e. The second kappa shape index (κ2) is 6.42. The molecule has 0 atom stereocenters. The molecule has 0 spiro atoms. The normalized spacial score (nSPS) is 25.7. The van der Waals surface area contributed by atoms with Gasteiger partial charge in [0.2, 0.25) is 0 Å². The zero-order valence-corrected chi connectivity index (χ0v) is 13.9. The number of nitrogens with one attached hydrogen (secondary N) is 1. The summed E-state index contributed by atoms with van der Waals surface area (Å²) in [6.07, 6.45) is 3.81. The third-order valence-corrected chi connectivity index (χ3v) is 5.43. The highest BCUT2D eigenvalue weighted by Gasteiger charge is 2.35. The van der Waals surface area contributed by atoms with Gasteiger partial charge in [-0.2, -0.15) is 0 Å². The summed E-state index contributed by atoms with van der Waals surface area (Å²) in [7, 11) is 0. The van der Waals surface area contributed by atoms with Crippen LogP contribution >= 0.6 is 15.9 Å². The molecule has 1 saturated carbocycles. The first-order chi connectivity index (χ1) is 9.87. The van der Waals surface area contributed by atoms with E-state index in [1.54, 1.807) is 0 Å². The quantitative estimate of drug-likeness (QED) is 0.798. The van der Waals surface area contributed by atoms with Gasteiger partial charge >= 0.3 is 0 Å². The number of halogens is 3. The lowest BCUT2D eigenvalue weighted by molar-refractivity contribution is 0.0870. The second-order valence-electron chi connectivity index (χ2n) is 6.13. The highest BCUT2D eigenvalue weighted by Crippen LogP contribution is 2.33. The minimum atomic E-state index is -0.815. The Morgan fingerprint density at radius 2 is 1.95 bits per heavy atom. The van der Waals surface area contributed by atoms with E-state index in [0.717, 1.165) is 31.7 Å². The molecule has 1 aliphatic rings. The molecule has 0 saturated heterocycles. The van der Waals surface area contributed by atoms with Crippen LogP contribution < -0.4 is 5.32 Å². The van der Waals surface area contributed by atoms with Crippen molar-refractivity contribution < 1.29 is 13.6 Å². The first-order valence-corrected chi connectivity index (χ1v) is 8.33. The number of hydrogen-bond donors (Lipinski definition) is 1. The molecule has 1 aromatic rings. The minimum absolute atomic E-state index is 0.0900. The van der Waals surface area contributed by atoms with E-state index < -0.39 is 17.5 Å². The Morgan fingerprint density at radius 3 is 2.52 bits per heavy atom. The summed E-state index contributed by atoms with van der Waals surface area (Å²) in [6, 6.07) is 2.04. The molecule has 0 heterocycles. The van der Waals surface area contributed by atoms with E-state index in [1.807, 2.05) is 0 Å². The van der Waals surface area contributed by atoms with Crippen molar-refractivity contribution in [3.63, 3.8) is 0 Å². The second-order valence-corrected chi connectivity index (χ2v) is 6.69. The predicted molar refractivity (Wildman–Crippen MR) is 82.7 cm³/mol. The SMILES string of the molecule is Cc1cc(C(=O)NC2(CBr)CCC(C)CC2)c(F)cc1F. The summed E-state index contributed by atoms with van der Waals surface area (Å²) in [6.45, 7) is 3.72. The van der Waals surface area contributed by atoms with Crippen LogP contribution in [0.5, 0.6) is 0 Å². The summed E-state index contributed by atoms with van der Waals surface area (Å²) >= 11 is 3.47. The van der Waals surface area contributed by atoms with Gasteiger partial charge in [0.15, 0.2) is 0 Å². The van der Waals surface area contributed by atoms with Crippen molar-refractivity contribution in [2.24, 2.45) is 5.92 Å². The molecular formula is C16H20BrF2NO. The average Bonchev–Trinajstić information content (AvgIpc) is 2.45. The fourth-order valence-corrected chi connectivity index (χ4v) is 3.45. The van der Waals surface area contributed by atoms with Crippen molar-refractivity contribution in [3.8, 4) is 0 Å². The van der Waals surface area contributed by atoms with Crippen molar-refractivity contribution in [2.75, 3.05) is 5.33 Å². The predicted octanol–water partition coefficient (Wildman–Crippen LogP) is 4.35. The van der Waals surface area contributed by atoms with Gasteiger partial charge < -0.3 is 5.32 Å². The van der Waals surface area contributed by atoms with Crippen LogP contribution in [-0.2, 0) is 0 Å². The lowest BCUT2D eigenvalue weighted by Crippen LogP contribution is -2.52. The molecule has 0 aromatic heterocycles. The maximum absolute atomic E-state index is 13.8. The Morgan fingerprint density at radius 1 is 1.33 bits per heavy atom. The topological polar surface area (TPSA) is 29.1 Å². The average molecular weight is 360 g/mol. The van der Waals surface area contributed by atoms with Crippen LogP contribution in [0.2, 0.25) is 0 Å². The number of hydrogen-bond acceptors (Lipinski definition) is 1. The van der Waals surface area contributed by atoms with Crippen LogP contribution in [-0.4, -0.2) is 16.8 Å². The Kier molecular flexibility index (Phi) is 5.02. The van der Waals surface area contributed by atoms with E-state index in [-0.39, 0.29) is 16.7 Å². The van der Waals surface area contributed by atoms with Gasteiger partial charge in [0.05, 0.1) is 11.1 Å². The van der Waals surface area contributed by atoms with E-state index in [9.17, 15) is 13.6 Å². The van der Waals surface area contributed by atoms with Crippen LogP contribution in [0.25, 0.3) is 0 Å². The fraction of sp³-hybridized carbons (Fsp3) is 0.562. The molecular weight excluding hydrogens is 340 g/mol. The van der Waals surface area contributed by atoms with Crippen molar-refractivity contribution in [2.45, 2.75) is 45.1 Å². The Hall–Kier alpha value is -0.970. The lowest BCUT2D eigenvalue weighted by Gasteiger charge is -2.39. The van der Waals surface area contributed by atoms with Crippen LogP contribution in [0.1, 0.15) is 48.5 Å². The van der Waals surface area contributed by atoms with E-state index in [4.69, 9.17) is 0 Å². The van der Waals surface area contributed by atoms with E-state index >= 15 is 0 Å². The largest absolute Gasteiger partial charge is 0.346 e. The number of carbonyl (C=O) groups excluding carboxylic acids is 1. The van der Waals surface area contributed by atoms with Crippen molar-refractivity contribution in [3.05, 3.63) is 34.9 Å². The van der Waals surface area contributed by atoms with Gasteiger partial charge in [-0.3, -0.25) is 4.79 Å². The fourth-order valence-electron chi connectivity index (χ4n) is 2.75. The number of benzene rings is 1. The lowest BCUT2D eigenvalue weighted by atomic mass is 9.78. The number of rotatable bonds is 3. The van der Waals surface area contributed by atoms with Gasteiger partial charge in [-0.1, -0.05) is 22.9 Å². The van der Waals surface area contributed by atoms with Gasteiger partial charge in [0, 0.05) is 11.4 Å². The van der Waals surface area contributed by atoms with Crippen LogP contribution in [0.15, 0.2) is 12.1 Å². The van der Waals surface area contributed by atoms with Gasteiger partial charge in [-0.15, -0.1) is 0 Å². The number of carbonyl (C=O) groups is 1. The minimum Gasteiger partial charge on any atom is -0.346 e. The molecule has 1 amide bonds. The Balaban J connectivity index is 2.19. The van der Waals surface area contributed by atoms with Crippen molar-refractivity contribution >= 4 is 21.8 Å². The molecule has 116 valence electrons. The highest BCUT2D eigenvalue weighted by atomic mass is 79.9. The van der Waals surface area contributed by atoms with E-state index in [0.29, 0.717) is 11.2 Å². The first kappa shape index (κ1) is 16.4. The summed E-state index contributed by atoms with van der Waals surface area (Å²) < 4.78 is 27.1. The van der Waals surface area contributed by atoms with E-state index in [2.05, 4.69) is 28.2 Å². The standard InChI is InChI=1S/C16H20BrF2NO/c1-10-3-5-16(9-17,6-4-10)20-15(21)12-7-11(2)13(18)8-14(12)19/h7-8,10H,3-6,9H2,1-2H3,(H,20,21). The molecule has 1 aliphatic carbocycles. The molecule has 21 heavy (non-hydrogen) atoms. The van der Waals surface area contributed by atoms with Gasteiger partial charge in [0.25, 0.3) is 5.91 Å². The Bertz CT molecular complexity index is 539. The molecule has 2 rings (SSSR count). The molecule has 0 bridgehead atoms. The molecule has 1 fully saturated rings. The zero-order chi connectivity index (χ0) is 15.6. The number of aryl methyl sites for hydroxylation is 1. The Labute approximate surface area is 132 Å². The van der Waals surface area contributed by atoms with Crippen molar-refractivity contribution in [1.29, 1.82) is 0 Å². The zero-order valence-electron chi connectivity index (χ0n) is 12.3. The first-order valence-electron chi connectivity index (χ1n) is 7.21. The molecule has 2 nitrogen and oxygen atoms in total. The van der Waals surface area contributed by atoms with Crippen LogP contribution in [0.4, 0.5) is 8.78 Å². The van der Waals surface area contributed by atoms with Gasteiger partial charge in [0.1, 0.15) is 11.6 Å². The monoisotopic (exact) mass is 359 g/mol. The molecule has 0 aliphatic heterocycles. The number of amides is 1. The highest BCUT2D eigenvalue weighted by molar-refractivity contribution is 9.09. The molecule has 0 radical (unpaired) electrons. The van der Waals surface area contributed by atoms with Crippen LogP contribution in [0, 0.1) is 24.5 Å². The molecule has 5 heteroatoms.